The molecule has 1 aliphatic carbocycles. The molecule has 2 fully saturated rings. The maximum atomic E-state index is 10.2. The van der Waals surface area contributed by atoms with Gasteiger partial charge in [0.1, 0.15) is 0 Å². The van der Waals surface area contributed by atoms with E-state index in [4.69, 9.17) is 5.11 Å². The zero-order valence-corrected chi connectivity index (χ0v) is 6.82. The topological polar surface area (TPSA) is 58.6 Å². The summed E-state index contributed by atoms with van der Waals surface area (Å²) in [4.78, 5) is 10.2. The van der Waals surface area contributed by atoms with Gasteiger partial charge in [-0.1, -0.05) is 6.42 Å². The van der Waals surface area contributed by atoms with Crippen molar-refractivity contribution in [3.63, 3.8) is 0 Å². The van der Waals surface area contributed by atoms with Gasteiger partial charge in [-0.05, 0) is 18.8 Å². The van der Waals surface area contributed by atoms with E-state index >= 15 is 0 Å². The molecule has 0 amide bonds. The van der Waals surface area contributed by atoms with Crippen LogP contribution < -0.4 is 5.32 Å². The van der Waals surface area contributed by atoms with Crippen molar-refractivity contribution in [1.29, 1.82) is 0 Å². The van der Waals surface area contributed by atoms with E-state index in [9.17, 15) is 4.79 Å². The second-order valence-electron chi connectivity index (χ2n) is 3.57. The van der Waals surface area contributed by atoms with Crippen LogP contribution >= 0.6 is 0 Å². The smallest absolute Gasteiger partial charge is 0.450 e. The van der Waals surface area contributed by atoms with Crippen molar-refractivity contribution in [2.24, 2.45) is 5.92 Å². The molecule has 1 saturated carbocycles. The number of fused-ring (bicyclic) bond motifs is 1. The first-order chi connectivity index (χ1) is 5.75. The van der Waals surface area contributed by atoms with Crippen LogP contribution in [0.2, 0.25) is 0 Å². The average Bonchev–Trinajstić information content (AvgIpc) is 2.43. The molecule has 0 spiro atoms. The van der Waals surface area contributed by atoms with Gasteiger partial charge in [-0.2, -0.15) is 0 Å². The van der Waals surface area contributed by atoms with Crippen molar-refractivity contribution in [2.75, 3.05) is 0 Å². The first kappa shape index (κ1) is 7.86. The van der Waals surface area contributed by atoms with Gasteiger partial charge in [-0.3, -0.25) is 5.32 Å². The summed E-state index contributed by atoms with van der Waals surface area (Å²) in [5.74, 6) is 0.648. The third-order valence-corrected chi connectivity index (χ3v) is 2.82. The molecule has 2 rings (SSSR count). The highest BCUT2D eigenvalue weighted by molar-refractivity contribution is 5.57. The van der Waals surface area contributed by atoms with Crippen LogP contribution in [0.15, 0.2) is 0 Å². The molecule has 1 aliphatic heterocycles. The van der Waals surface area contributed by atoms with E-state index in [0.717, 1.165) is 6.42 Å². The number of nitrogens with one attached hydrogen (secondary N) is 1. The molecule has 3 atom stereocenters. The first-order valence-corrected chi connectivity index (χ1v) is 4.41. The quantitative estimate of drug-likeness (QED) is 0.581. The standard InChI is InChI=1S/C8H13NO3/c10-8(11)12-7-4-5-2-1-3-6(5)9-7/h5-7,9H,1-4H2,(H,10,11)/t5-,6-,7?/m1/s1. The molecule has 0 aromatic rings. The molecule has 1 saturated heterocycles. The number of carboxylic acid groups (broad SMARTS) is 1. The Morgan fingerprint density at radius 2 is 2.33 bits per heavy atom. The van der Waals surface area contributed by atoms with Gasteiger partial charge in [0.25, 0.3) is 0 Å². The summed E-state index contributed by atoms with van der Waals surface area (Å²) >= 11 is 0. The zero-order chi connectivity index (χ0) is 8.55. The fourth-order valence-electron chi connectivity index (χ4n) is 2.32. The molecule has 0 radical (unpaired) electrons. The Bertz CT molecular complexity index is 183. The maximum Gasteiger partial charge on any atom is 0.507 e. The minimum Gasteiger partial charge on any atom is -0.450 e. The second kappa shape index (κ2) is 2.94. The van der Waals surface area contributed by atoms with Gasteiger partial charge in [0.15, 0.2) is 6.23 Å². The Labute approximate surface area is 70.9 Å². The molecule has 68 valence electrons. The molecular formula is C8H13NO3. The zero-order valence-electron chi connectivity index (χ0n) is 6.82. The van der Waals surface area contributed by atoms with Crippen LogP contribution in [0.4, 0.5) is 4.79 Å². The minimum atomic E-state index is -1.17. The van der Waals surface area contributed by atoms with E-state index in [2.05, 4.69) is 10.1 Å². The van der Waals surface area contributed by atoms with Gasteiger partial charge in [0.05, 0.1) is 0 Å². The summed E-state index contributed by atoms with van der Waals surface area (Å²) in [5, 5.41) is 11.6. The maximum absolute atomic E-state index is 10.2. The van der Waals surface area contributed by atoms with Gasteiger partial charge in [-0.15, -0.1) is 0 Å². The lowest BCUT2D eigenvalue weighted by atomic mass is 10.0. The molecule has 0 aromatic carbocycles. The Morgan fingerprint density at radius 3 is 3.00 bits per heavy atom. The number of hydrogen-bond donors (Lipinski definition) is 2. The summed E-state index contributed by atoms with van der Waals surface area (Å²) in [6.45, 7) is 0. The number of carbonyl (C=O) groups is 1. The number of rotatable bonds is 1. The number of ether oxygens (including phenoxy) is 1. The van der Waals surface area contributed by atoms with Crippen molar-refractivity contribution in [3.05, 3.63) is 0 Å². The van der Waals surface area contributed by atoms with E-state index in [1.54, 1.807) is 0 Å². The first-order valence-electron chi connectivity index (χ1n) is 4.41. The highest BCUT2D eigenvalue weighted by Gasteiger charge is 2.38. The Morgan fingerprint density at radius 1 is 1.50 bits per heavy atom. The number of hydrogen-bond acceptors (Lipinski definition) is 3. The Kier molecular flexibility index (Phi) is 1.92. The van der Waals surface area contributed by atoms with Gasteiger partial charge in [-0.25, -0.2) is 4.79 Å². The molecule has 12 heavy (non-hydrogen) atoms. The fraction of sp³-hybridized carbons (Fsp3) is 0.875. The van der Waals surface area contributed by atoms with Crippen molar-refractivity contribution in [2.45, 2.75) is 38.0 Å². The molecule has 0 bridgehead atoms. The molecule has 1 unspecified atom stereocenters. The molecule has 4 heteroatoms. The van der Waals surface area contributed by atoms with Gasteiger partial charge >= 0.3 is 6.16 Å². The summed E-state index contributed by atoms with van der Waals surface area (Å²) in [7, 11) is 0. The van der Waals surface area contributed by atoms with Crippen LogP contribution in [-0.2, 0) is 4.74 Å². The average molecular weight is 171 g/mol. The highest BCUT2D eigenvalue weighted by atomic mass is 16.7. The van der Waals surface area contributed by atoms with Crippen LogP contribution in [0.1, 0.15) is 25.7 Å². The van der Waals surface area contributed by atoms with Crippen LogP contribution in [0.3, 0.4) is 0 Å². The third-order valence-electron chi connectivity index (χ3n) is 2.82. The molecule has 0 aromatic heterocycles. The SMILES string of the molecule is O=C(O)OC1C[C@H]2CCC[C@H]2N1. The normalized spacial score (nSPS) is 39.5. The summed E-state index contributed by atoms with van der Waals surface area (Å²) < 4.78 is 4.65. The predicted molar refractivity (Wildman–Crippen MR) is 41.8 cm³/mol. The Balaban J connectivity index is 1.86. The second-order valence-corrected chi connectivity index (χ2v) is 3.57. The molecular weight excluding hydrogens is 158 g/mol. The van der Waals surface area contributed by atoms with E-state index in [1.165, 1.54) is 19.3 Å². The fourth-order valence-corrected chi connectivity index (χ4v) is 2.32. The lowest BCUT2D eigenvalue weighted by Gasteiger charge is -2.10. The van der Waals surface area contributed by atoms with Gasteiger partial charge < -0.3 is 9.84 Å². The molecule has 2 aliphatic rings. The lowest BCUT2D eigenvalue weighted by Crippen LogP contribution is -2.32. The summed E-state index contributed by atoms with van der Waals surface area (Å²) in [6, 6.07) is 0.509. The van der Waals surface area contributed by atoms with Crippen molar-refractivity contribution < 1.29 is 14.6 Å². The largest absolute Gasteiger partial charge is 0.507 e. The van der Waals surface area contributed by atoms with Crippen LogP contribution in [0, 0.1) is 5.92 Å². The summed E-state index contributed by atoms with van der Waals surface area (Å²) in [6.07, 6.45) is 3.09. The van der Waals surface area contributed by atoms with Crippen LogP contribution in [-0.4, -0.2) is 23.5 Å². The molecule has 2 N–H and O–H groups in total. The van der Waals surface area contributed by atoms with E-state index in [-0.39, 0.29) is 6.23 Å². The van der Waals surface area contributed by atoms with E-state index in [0.29, 0.717) is 12.0 Å². The Hall–Kier alpha value is -0.770. The van der Waals surface area contributed by atoms with Gasteiger partial charge in [0, 0.05) is 12.5 Å². The predicted octanol–water partition coefficient (Wildman–Crippen LogP) is 1.17. The molecule has 1 heterocycles. The lowest BCUT2D eigenvalue weighted by molar-refractivity contribution is 0.0420. The highest BCUT2D eigenvalue weighted by Crippen LogP contribution is 2.34. The van der Waals surface area contributed by atoms with Crippen molar-refractivity contribution >= 4 is 6.16 Å². The monoisotopic (exact) mass is 171 g/mol. The third kappa shape index (κ3) is 1.39. The minimum absolute atomic E-state index is 0.252. The van der Waals surface area contributed by atoms with Crippen molar-refractivity contribution in [3.8, 4) is 0 Å². The van der Waals surface area contributed by atoms with Crippen molar-refractivity contribution in [1.82, 2.24) is 5.32 Å². The van der Waals surface area contributed by atoms with Crippen LogP contribution in [0.25, 0.3) is 0 Å². The molecule has 4 nitrogen and oxygen atoms in total. The summed E-state index contributed by atoms with van der Waals surface area (Å²) in [5.41, 5.74) is 0. The van der Waals surface area contributed by atoms with E-state index in [1.807, 2.05) is 0 Å². The van der Waals surface area contributed by atoms with Crippen LogP contribution in [0.5, 0.6) is 0 Å². The van der Waals surface area contributed by atoms with E-state index < -0.39 is 6.16 Å². The van der Waals surface area contributed by atoms with Gasteiger partial charge in [0.2, 0.25) is 0 Å².